The second-order valence-electron chi connectivity index (χ2n) is 6.75. The Labute approximate surface area is 171 Å². The number of aromatic carboxylic acids is 1. The molecule has 0 fully saturated rings. The van der Waals surface area contributed by atoms with Crippen molar-refractivity contribution in [2.24, 2.45) is 0 Å². The number of fused-ring (bicyclic) bond motifs is 1. The van der Waals surface area contributed by atoms with Crippen molar-refractivity contribution in [1.82, 2.24) is 25.0 Å². The second-order valence-corrected chi connectivity index (χ2v) is 7.16. The molecule has 0 spiro atoms. The number of rotatable bonds is 8. The largest absolute Gasteiger partial charge is 0.478 e. The van der Waals surface area contributed by atoms with Gasteiger partial charge in [-0.1, -0.05) is 23.7 Å². The van der Waals surface area contributed by atoms with Crippen molar-refractivity contribution in [2.45, 2.75) is 39.3 Å². The zero-order chi connectivity index (χ0) is 21.1. The molecule has 1 unspecified atom stereocenters. The van der Waals surface area contributed by atoms with Crippen LogP contribution in [0.2, 0.25) is 5.02 Å². The van der Waals surface area contributed by atoms with E-state index in [-0.39, 0.29) is 29.3 Å². The number of nitrogens with one attached hydrogen (secondary N) is 2. The zero-order valence-corrected chi connectivity index (χ0v) is 17.0. The molecular formula is C18H22ClN7O3. The maximum Gasteiger partial charge on any atom is 0.337 e. The van der Waals surface area contributed by atoms with Crippen LogP contribution in [-0.4, -0.2) is 53.8 Å². The van der Waals surface area contributed by atoms with E-state index in [0.29, 0.717) is 35.0 Å². The summed E-state index contributed by atoms with van der Waals surface area (Å²) in [6, 6.07) is 4.33. The van der Waals surface area contributed by atoms with Gasteiger partial charge < -0.3 is 20.8 Å². The lowest BCUT2D eigenvalue weighted by molar-refractivity contribution is 0.0697. The molecule has 10 nitrogen and oxygen atoms in total. The molecule has 0 saturated heterocycles. The van der Waals surface area contributed by atoms with Crippen molar-refractivity contribution < 1.29 is 15.0 Å². The monoisotopic (exact) mass is 419 g/mol. The number of hydrogen-bond acceptors (Lipinski definition) is 8. The van der Waals surface area contributed by atoms with E-state index < -0.39 is 5.97 Å². The fourth-order valence-electron chi connectivity index (χ4n) is 2.69. The van der Waals surface area contributed by atoms with E-state index in [1.54, 1.807) is 10.7 Å². The smallest absolute Gasteiger partial charge is 0.337 e. The summed E-state index contributed by atoms with van der Waals surface area (Å²) < 4.78 is 1.67. The van der Waals surface area contributed by atoms with Crippen LogP contribution in [0.4, 0.5) is 17.5 Å². The van der Waals surface area contributed by atoms with Crippen molar-refractivity contribution in [3.63, 3.8) is 0 Å². The molecule has 0 aliphatic rings. The number of hydrogen-bond donors (Lipinski definition) is 4. The standard InChI is InChI=1S/C18H22ClN7O3/c1-4-10(8-27)21-18-22-15(14-16(23-18)26(9(2)3)25-24-14)20-11-5-6-12(17(28)29)13(19)7-11/h5-7,9-10,27H,4,8H2,1-3H3,(H,28,29)(H2,20,21,22,23). The van der Waals surface area contributed by atoms with Gasteiger partial charge in [0.2, 0.25) is 5.95 Å². The summed E-state index contributed by atoms with van der Waals surface area (Å²) in [4.78, 5) is 20.1. The molecule has 29 heavy (non-hydrogen) atoms. The van der Waals surface area contributed by atoms with Crippen LogP contribution >= 0.6 is 11.6 Å². The molecule has 2 heterocycles. The number of carboxylic acid groups (broad SMARTS) is 1. The minimum absolute atomic E-state index is 0.00638. The normalized spacial score (nSPS) is 12.3. The molecule has 0 bridgehead atoms. The van der Waals surface area contributed by atoms with E-state index in [1.165, 1.54) is 12.1 Å². The Morgan fingerprint density at radius 2 is 2.07 bits per heavy atom. The number of carboxylic acids is 1. The summed E-state index contributed by atoms with van der Waals surface area (Å²) in [6.45, 7) is 5.80. The number of halogens is 1. The highest BCUT2D eigenvalue weighted by Crippen LogP contribution is 2.28. The van der Waals surface area contributed by atoms with Gasteiger partial charge in [0.05, 0.1) is 29.3 Å². The predicted molar refractivity (Wildman–Crippen MR) is 110 cm³/mol. The van der Waals surface area contributed by atoms with Gasteiger partial charge in [0.1, 0.15) is 0 Å². The molecule has 11 heteroatoms. The Bertz CT molecular complexity index is 1030. The van der Waals surface area contributed by atoms with Crippen LogP contribution in [0, 0.1) is 0 Å². The highest BCUT2D eigenvalue weighted by molar-refractivity contribution is 6.33. The van der Waals surface area contributed by atoms with Gasteiger partial charge in [-0.15, -0.1) is 5.10 Å². The van der Waals surface area contributed by atoms with Crippen LogP contribution in [0.15, 0.2) is 18.2 Å². The molecule has 0 aliphatic heterocycles. The molecule has 4 N–H and O–H groups in total. The summed E-state index contributed by atoms with van der Waals surface area (Å²) in [6.07, 6.45) is 0.689. The first-order chi connectivity index (χ1) is 13.8. The van der Waals surface area contributed by atoms with Crippen LogP contribution in [0.5, 0.6) is 0 Å². The van der Waals surface area contributed by atoms with E-state index in [1.807, 2.05) is 20.8 Å². The lowest BCUT2D eigenvalue weighted by Gasteiger charge is -2.15. The van der Waals surface area contributed by atoms with Crippen molar-refractivity contribution in [3.8, 4) is 0 Å². The third kappa shape index (κ3) is 4.38. The number of nitrogens with zero attached hydrogens (tertiary/aromatic N) is 5. The minimum atomic E-state index is -1.10. The molecule has 1 atom stereocenters. The summed E-state index contributed by atoms with van der Waals surface area (Å²) in [5.41, 5.74) is 1.53. The third-order valence-electron chi connectivity index (χ3n) is 4.32. The maximum absolute atomic E-state index is 11.2. The average Bonchev–Trinajstić information content (AvgIpc) is 3.10. The van der Waals surface area contributed by atoms with E-state index in [4.69, 9.17) is 16.7 Å². The molecule has 2 aromatic heterocycles. The Morgan fingerprint density at radius 3 is 2.66 bits per heavy atom. The maximum atomic E-state index is 11.2. The number of benzene rings is 1. The van der Waals surface area contributed by atoms with Gasteiger partial charge >= 0.3 is 5.97 Å². The van der Waals surface area contributed by atoms with Crippen LogP contribution in [-0.2, 0) is 0 Å². The summed E-state index contributed by atoms with van der Waals surface area (Å²) in [7, 11) is 0. The summed E-state index contributed by atoms with van der Waals surface area (Å²) in [5, 5.41) is 33.3. The fourth-order valence-corrected chi connectivity index (χ4v) is 2.95. The minimum Gasteiger partial charge on any atom is -0.478 e. The van der Waals surface area contributed by atoms with Crippen LogP contribution < -0.4 is 10.6 Å². The first-order valence-electron chi connectivity index (χ1n) is 9.14. The third-order valence-corrected chi connectivity index (χ3v) is 4.63. The highest BCUT2D eigenvalue weighted by atomic mass is 35.5. The van der Waals surface area contributed by atoms with Crippen LogP contribution in [0.25, 0.3) is 11.2 Å². The molecule has 0 radical (unpaired) electrons. The molecule has 154 valence electrons. The van der Waals surface area contributed by atoms with Crippen molar-refractivity contribution in [3.05, 3.63) is 28.8 Å². The van der Waals surface area contributed by atoms with Gasteiger partial charge in [0.15, 0.2) is 17.0 Å². The topological polar surface area (TPSA) is 138 Å². The second kappa shape index (κ2) is 8.58. The van der Waals surface area contributed by atoms with Crippen LogP contribution in [0.1, 0.15) is 43.6 Å². The van der Waals surface area contributed by atoms with Gasteiger partial charge in [0, 0.05) is 5.69 Å². The lowest BCUT2D eigenvalue weighted by Crippen LogP contribution is -2.24. The van der Waals surface area contributed by atoms with Gasteiger partial charge in [-0.3, -0.25) is 0 Å². The lowest BCUT2D eigenvalue weighted by atomic mass is 10.2. The quantitative estimate of drug-likeness (QED) is 0.433. The van der Waals surface area contributed by atoms with Crippen LogP contribution in [0.3, 0.4) is 0 Å². The molecular weight excluding hydrogens is 398 g/mol. The van der Waals surface area contributed by atoms with E-state index in [0.717, 1.165) is 0 Å². The Kier molecular flexibility index (Phi) is 6.14. The van der Waals surface area contributed by atoms with E-state index in [9.17, 15) is 9.90 Å². The van der Waals surface area contributed by atoms with Gasteiger partial charge in [-0.2, -0.15) is 9.97 Å². The molecule has 3 rings (SSSR count). The van der Waals surface area contributed by atoms with E-state index in [2.05, 4.69) is 30.9 Å². The molecule has 3 aromatic rings. The van der Waals surface area contributed by atoms with Gasteiger partial charge in [0.25, 0.3) is 0 Å². The first kappa shape index (κ1) is 20.7. The summed E-state index contributed by atoms with van der Waals surface area (Å²) in [5.74, 6) is -0.401. The number of aliphatic hydroxyl groups excluding tert-OH is 1. The number of anilines is 3. The van der Waals surface area contributed by atoms with E-state index >= 15 is 0 Å². The molecule has 0 amide bonds. The number of carbonyl (C=O) groups is 1. The fraction of sp³-hybridized carbons (Fsp3) is 0.389. The molecule has 1 aromatic carbocycles. The first-order valence-corrected chi connectivity index (χ1v) is 9.52. The van der Waals surface area contributed by atoms with Gasteiger partial charge in [-0.05, 0) is 38.5 Å². The Balaban J connectivity index is 2.05. The number of aliphatic hydroxyl groups is 1. The van der Waals surface area contributed by atoms with Gasteiger partial charge in [-0.25, -0.2) is 9.48 Å². The zero-order valence-electron chi connectivity index (χ0n) is 16.2. The SMILES string of the molecule is CCC(CO)Nc1nc(Nc2ccc(C(=O)O)c(Cl)c2)c2nnn(C(C)C)c2n1. The highest BCUT2D eigenvalue weighted by Gasteiger charge is 2.18. The number of aromatic nitrogens is 5. The van der Waals surface area contributed by atoms with Crippen molar-refractivity contribution in [1.29, 1.82) is 0 Å². The van der Waals surface area contributed by atoms with Crippen molar-refractivity contribution in [2.75, 3.05) is 17.2 Å². The average molecular weight is 420 g/mol. The predicted octanol–water partition coefficient (Wildman–Crippen LogP) is 3.08. The van der Waals surface area contributed by atoms with Crippen molar-refractivity contribution >= 4 is 46.2 Å². The molecule has 0 aliphatic carbocycles. The summed E-state index contributed by atoms with van der Waals surface area (Å²) >= 11 is 6.07. The Morgan fingerprint density at radius 1 is 1.31 bits per heavy atom. The Hall–Kier alpha value is -2.98. The molecule has 0 saturated carbocycles.